The van der Waals surface area contributed by atoms with Gasteiger partial charge in [0.25, 0.3) is 0 Å². The fourth-order valence-electron chi connectivity index (χ4n) is 0.954. The van der Waals surface area contributed by atoms with E-state index in [4.69, 9.17) is 9.84 Å². The number of carbonyl (C=O) groups excluding carboxylic acids is 1. The number of carboxylic acids is 1. The van der Waals surface area contributed by atoms with E-state index in [2.05, 4.69) is 0 Å². The summed E-state index contributed by atoms with van der Waals surface area (Å²) in [6.45, 7) is 8.86. The van der Waals surface area contributed by atoms with Crippen LogP contribution < -0.4 is 0 Å². The van der Waals surface area contributed by atoms with Crippen LogP contribution in [0, 0.1) is 5.41 Å². The van der Waals surface area contributed by atoms with Gasteiger partial charge in [0.2, 0.25) is 0 Å². The van der Waals surface area contributed by atoms with Crippen LogP contribution in [0.4, 0.5) is 0 Å². The molecule has 0 aliphatic rings. The molecule has 4 heteroatoms. The lowest BCUT2D eigenvalue weighted by atomic mass is 9.89. The topological polar surface area (TPSA) is 63.6 Å². The molecule has 0 aromatic heterocycles. The highest BCUT2D eigenvalue weighted by Gasteiger charge is 2.31. The van der Waals surface area contributed by atoms with Crippen molar-refractivity contribution in [1.82, 2.24) is 0 Å². The van der Waals surface area contributed by atoms with Crippen LogP contribution in [0.1, 0.15) is 41.0 Å². The summed E-state index contributed by atoms with van der Waals surface area (Å²) >= 11 is 0. The van der Waals surface area contributed by atoms with Gasteiger partial charge in [0.05, 0.1) is 5.41 Å². The van der Waals surface area contributed by atoms with Gasteiger partial charge in [-0.15, -0.1) is 0 Å². The van der Waals surface area contributed by atoms with Crippen molar-refractivity contribution in [1.29, 1.82) is 0 Å². The first-order valence-corrected chi connectivity index (χ1v) is 5.17. The summed E-state index contributed by atoms with van der Waals surface area (Å²) in [5, 5.41) is 8.43. The minimum absolute atomic E-state index is 0.324. The van der Waals surface area contributed by atoms with E-state index in [1.165, 1.54) is 6.08 Å². The van der Waals surface area contributed by atoms with Crippen LogP contribution in [0.2, 0.25) is 0 Å². The first-order chi connectivity index (χ1) is 7.04. The molecule has 1 N–H and O–H groups in total. The van der Waals surface area contributed by atoms with Gasteiger partial charge in [-0.1, -0.05) is 6.08 Å². The Kier molecular flexibility index (Phi) is 4.72. The molecule has 0 aromatic carbocycles. The third-order valence-corrected chi connectivity index (χ3v) is 1.84. The smallest absolute Gasteiger partial charge is 0.327 e. The summed E-state index contributed by atoms with van der Waals surface area (Å²) in [6, 6.07) is 0. The molecular formula is C12H20O4. The lowest BCUT2D eigenvalue weighted by molar-refractivity contribution is -0.165. The predicted octanol–water partition coefficient (Wildman–Crippen LogP) is 2.39. The van der Waals surface area contributed by atoms with Crippen LogP contribution in [-0.4, -0.2) is 22.6 Å². The predicted molar refractivity (Wildman–Crippen MR) is 61.0 cm³/mol. The van der Waals surface area contributed by atoms with E-state index in [0.717, 1.165) is 6.08 Å². The third kappa shape index (κ3) is 6.22. The van der Waals surface area contributed by atoms with Crippen molar-refractivity contribution in [3.8, 4) is 0 Å². The maximum absolute atomic E-state index is 11.8. The summed E-state index contributed by atoms with van der Waals surface area (Å²) < 4.78 is 5.24. The van der Waals surface area contributed by atoms with E-state index in [0.29, 0.717) is 6.42 Å². The van der Waals surface area contributed by atoms with Gasteiger partial charge in [-0.25, -0.2) is 4.79 Å². The van der Waals surface area contributed by atoms with Crippen LogP contribution in [0.25, 0.3) is 0 Å². The number of hydrogen-bond acceptors (Lipinski definition) is 3. The number of esters is 1. The molecule has 0 unspecified atom stereocenters. The Morgan fingerprint density at radius 1 is 1.19 bits per heavy atom. The molecular weight excluding hydrogens is 208 g/mol. The summed E-state index contributed by atoms with van der Waals surface area (Å²) in [7, 11) is 0. The average molecular weight is 228 g/mol. The second-order valence-corrected chi connectivity index (χ2v) is 5.33. The normalized spacial score (nSPS) is 12.8. The molecule has 0 rings (SSSR count). The van der Waals surface area contributed by atoms with Gasteiger partial charge in [0.1, 0.15) is 5.60 Å². The maximum atomic E-state index is 11.8. The molecule has 0 radical (unpaired) electrons. The monoisotopic (exact) mass is 228 g/mol. The quantitative estimate of drug-likeness (QED) is 0.592. The molecule has 0 spiro atoms. The molecule has 0 aliphatic carbocycles. The number of carboxylic acid groups (broad SMARTS) is 1. The second kappa shape index (κ2) is 5.14. The molecule has 0 amide bonds. The molecule has 16 heavy (non-hydrogen) atoms. The maximum Gasteiger partial charge on any atom is 0.327 e. The molecule has 0 bridgehead atoms. The number of hydrogen-bond donors (Lipinski definition) is 1. The highest BCUT2D eigenvalue weighted by atomic mass is 16.6. The highest BCUT2D eigenvalue weighted by molar-refractivity contribution is 5.80. The minimum atomic E-state index is -1.01. The molecule has 0 saturated carbocycles. The molecule has 0 atom stereocenters. The van der Waals surface area contributed by atoms with Gasteiger partial charge in [0, 0.05) is 6.08 Å². The molecule has 4 nitrogen and oxygen atoms in total. The van der Waals surface area contributed by atoms with Gasteiger partial charge in [-0.2, -0.15) is 0 Å². The zero-order chi connectivity index (χ0) is 13.0. The van der Waals surface area contributed by atoms with E-state index in [1.807, 2.05) is 0 Å². The van der Waals surface area contributed by atoms with Gasteiger partial charge in [-0.05, 0) is 41.0 Å². The summed E-state index contributed by atoms with van der Waals surface area (Å²) in [4.78, 5) is 22.0. The Morgan fingerprint density at radius 2 is 1.69 bits per heavy atom. The first kappa shape index (κ1) is 14.7. The van der Waals surface area contributed by atoms with Gasteiger partial charge < -0.3 is 9.84 Å². The van der Waals surface area contributed by atoms with E-state index >= 15 is 0 Å². The number of allylic oxidation sites excluding steroid dienone is 1. The van der Waals surface area contributed by atoms with Crippen LogP contribution in [0.15, 0.2) is 12.2 Å². The molecule has 0 fully saturated rings. The van der Waals surface area contributed by atoms with Crippen molar-refractivity contribution in [3.05, 3.63) is 12.2 Å². The lowest BCUT2D eigenvalue weighted by Gasteiger charge is -2.27. The fraction of sp³-hybridized carbons (Fsp3) is 0.667. The van der Waals surface area contributed by atoms with Crippen LogP contribution in [0.3, 0.4) is 0 Å². The zero-order valence-corrected chi connectivity index (χ0v) is 10.5. The van der Waals surface area contributed by atoms with Crippen LogP contribution in [-0.2, 0) is 14.3 Å². The van der Waals surface area contributed by atoms with Crippen molar-refractivity contribution in [2.75, 3.05) is 0 Å². The van der Waals surface area contributed by atoms with Crippen LogP contribution >= 0.6 is 0 Å². The van der Waals surface area contributed by atoms with E-state index in [9.17, 15) is 9.59 Å². The van der Waals surface area contributed by atoms with E-state index < -0.39 is 17.0 Å². The SMILES string of the molecule is CC(C)(C)OC(=O)C(C)(C)C/C=C/C(=O)O. The van der Waals surface area contributed by atoms with Gasteiger partial charge in [-0.3, -0.25) is 4.79 Å². The van der Waals surface area contributed by atoms with Crippen molar-refractivity contribution in [2.24, 2.45) is 5.41 Å². The minimum Gasteiger partial charge on any atom is -0.478 e. The Morgan fingerprint density at radius 3 is 2.06 bits per heavy atom. The number of aliphatic carboxylic acids is 1. The summed E-state index contributed by atoms with van der Waals surface area (Å²) in [5.74, 6) is -1.34. The molecule has 0 heterocycles. The van der Waals surface area contributed by atoms with Crippen molar-refractivity contribution in [3.63, 3.8) is 0 Å². The Hall–Kier alpha value is -1.32. The van der Waals surface area contributed by atoms with E-state index in [-0.39, 0.29) is 5.97 Å². The third-order valence-electron chi connectivity index (χ3n) is 1.84. The molecule has 92 valence electrons. The standard InChI is InChI=1S/C12H20O4/c1-11(2,3)16-10(15)12(4,5)8-6-7-9(13)14/h6-7H,8H2,1-5H3,(H,13,14)/b7-6+. The Balaban J connectivity index is 4.43. The molecule has 0 aliphatic heterocycles. The Bertz CT molecular complexity index is 295. The fourth-order valence-corrected chi connectivity index (χ4v) is 0.954. The van der Waals surface area contributed by atoms with Crippen molar-refractivity contribution >= 4 is 11.9 Å². The van der Waals surface area contributed by atoms with Gasteiger partial charge >= 0.3 is 11.9 Å². The number of carbonyl (C=O) groups is 2. The zero-order valence-electron chi connectivity index (χ0n) is 10.5. The molecule has 0 saturated heterocycles. The van der Waals surface area contributed by atoms with Crippen molar-refractivity contribution in [2.45, 2.75) is 46.6 Å². The number of ether oxygens (including phenoxy) is 1. The first-order valence-electron chi connectivity index (χ1n) is 5.17. The van der Waals surface area contributed by atoms with Crippen LogP contribution in [0.5, 0.6) is 0 Å². The summed E-state index contributed by atoms with van der Waals surface area (Å²) in [5.41, 5.74) is -1.23. The summed E-state index contributed by atoms with van der Waals surface area (Å²) in [6.07, 6.45) is 2.84. The van der Waals surface area contributed by atoms with Gasteiger partial charge in [0.15, 0.2) is 0 Å². The Labute approximate surface area is 96.3 Å². The van der Waals surface area contributed by atoms with Crippen molar-refractivity contribution < 1.29 is 19.4 Å². The second-order valence-electron chi connectivity index (χ2n) is 5.33. The highest BCUT2D eigenvalue weighted by Crippen LogP contribution is 2.25. The molecule has 0 aromatic rings. The average Bonchev–Trinajstić information content (AvgIpc) is 1.99. The van der Waals surface area contributed by atoms with E-state index in [1.54, 1.807) is 34.6 Å². The largest absolute Gasteiger partial charge is 0.478 e. The number of rotatable bonds is 4. The lowest BCUT2D eigenvalue weighted by Crippen LogP contribution is -2.33.